The maximum absolute atomic E-state index is 16.0. The predicted octanol–water partition coefficient (Wildman–Crippen LogP) is 4.27. The highest BCUT2D eigenvalue weighted by atomic mass is 19.1. The van der Waals surface area contributed by atoms with E-state index in [2.05, 4.69) is 26.8 Å². The Morgan fingerprint density at radius 3 is 2.72 bits per heavy atom. The molecule has 1 saturated heterocycles. The van der Waals surface area contributed by atoms with E-state index < -0.39 is 17.3 Å². The van der Waals surface area contributed by atoms with Crippen LogP contribution in [0.3, 0.4) is 0 Å². The minimum Gasteiger partial charge on any atom is -0.492 e. The van der Waals surface area contributed by atoms with Crippen molar-refractivity contribution in [2.75, 3.05) is 43.0 Å². The number of carbonyl (C=O) groups excluding carboxylic acids is 1. The molecule has 4 aromatic rings. The van der Waals surface area contributed by atoms with Gasteiger partial charge in [-0.15, -0.1) is 0 Å². The van der Waals surface area contributed by atoms with E-state index in [1.54, 1.807) is 17.2 Å². The molecule has 1 atom stereocenters. The van der Waals surface area contributed by atoms with Crippen LogP contribution in [0.1, 0.15) is 32.4 Å². The van der Waals surface area contributed by atoms with Crippen molar-refractivity contribution in [3.05, 3.63) is 77.0 Å². The van der Waals surface area contributed by atoms with Crippen LogP contribution in [0.15, 0.2) is 54.0 Å². The van der Waals surface area contributed by atoms with Crippen molar-refractivity contribution in [3.63, 3.8) is 0 Å². The second-order valence-electron chi connectivity index (χ2n) is 10.9. The number of carbonyl (C=O) groups is 1. The molecule has 0 spiro atoms. The van der Waals surface area contributed by atoms with Crippen LogP contribution in [0.5, 0.6) is 5.75 Å². The highest BCUT2D eigenvalue weighted by Crippen LogP contribution is 2.36. The van der Waals surface area contributed by atoms with E-state index in [0.717, 1.165) is 0 Å². The average Bonchev–Trinajstić information content (AvgIpc) is 3.00. The van der Waals surface area contributed by atoms with Gasteiger partial charge < -0.3 is 19.9 Å². The number of nitrogens with one attached hydrogen (secondary N) is 1. The van der Waals surface area contributed by atoms with Gasteiger partial charge in [-0.25, -0.2) is 23.1 Å². The summed E-state index contributed by atoms with van der Waals surface area (Å²) in [6, 6.07) is 6.82. The van der Waals surface area contributed by atoms with Crippen LogP contribution in [0, 0.1) is 11.6 Å². The van der Waals surface area contributed by atoms with E-state index in [-0.39, 0.29) is 52.6 Å². The number of rotatable bonds is 3. The van der Waals surface area contributed by atoms with Crippen molar-refractivity contribution in [3.8, 4) is 22.7 Å². The molecule has 1 amide bonds. The number of nitrogens with zero attached hydrogens (tertiary/aromatic N) is 6. The number of pyridine rings is 2. The molecule has 5 heterocycles. The highest BCUT2D eigenvalue weighted by Gasteiger charge is 2.31. The second kappa shape index (κ2) is 11.1. The van der Waals surface area contributed by atoms with Crippen LogP contribution in [0.2, 0.25) is 0 Å². The van der Waals surface area contributed by atoms with Gasteiger partial charge in [0, 0.05) is 44.0 Å². The number of hydrogen-bond acceptors (Lipinski definition) is 8. The molecule has 10 nitrogen and oxygen atoms in total. The molecule has 2 aliphatic heterocycles. The molecule has 6 rings (SSSR count). The molecule has 3 aromatic heterocycles. The zero-order chi connectivity index (χ0) is 30.4. The Hall–Kier alpha value is -4.87. The van der Waals surface area contributed by atoms with Crippen LogP contribution >= 0.6 is 0 Å². The standard InChI is InChI=1S/C31H31F2N7O3/c1-5-25(41)38-11-12-39(18(4)16-38)29-21-15-23(33)27-20-14-19(6-7-22(20)32)43-13-10-34-24-8-9-35-26(17(2)3)28(24)40(30(21)36-27)31(42)37-29/h5-9,14-15,17-18,34H,1,10-13,16H2,2-4H3/t18-/m0/s1. The molecular weight excluding hydrogens is 556 g/mol. The summed E-state index contributed by atoms with van der Waals surface area (Å²) in [6.07, 6.45) is 2.91. The van der Waals surface area contributed by atoms with Crippen molar-refractivity contribution < 1.29 is 18.3 Å². The van der Waals surface area contributed by atoms with Gasteiger partial charge >= 0.3 is 5.69 Å². The number of halogens is 2. The first-order chi connectivity index (χ1) is 20.7. The summed E-state index contributed by atoms with van der Waals surface area (Å²) < 4.78 is 38.3. The lowest BCUT2D eigenvalue weighted by molar-refractivity contribution is -0.126. The molecular formula is C31H31F2N7O3. The molecule has 0 saturated carbocycles. The summed E-state index contributed by atoms with van der Waals surface area (Å²) in [6.45, 7) is 11.0. The van der Waals surface area contributed by atoms with Gasteiger partial charge in [-0.2, -0.15) is 4.98 Å². The summed E-state index contributed by atoms with van der Waals surface area (Å²) in [5, 5.41) is 3.59. The van der Waals surface area contributed by atoms with Gasteiger partial charge in [-0.05, 0) is 49.2 Å². The maximum Gasteiger partial charge on any atom is 0.355 e. The summed E-state index contributed by atoms with van der Waals surface area (Å²) >= 11 is 0. The van der Waals surface area contributed by atoms with Crippen molar-refractivity contribution in [2.24, 2.45) is 0 Å². The molecule has 1 fully saturated rings. The molecule has 0 radical (unpaired) electrons. The minimum absolute atomic E-state index is 0.0955. The van der Waals surface area contributed by atoms with Crippen LogP contribution in [0.4, 0.5) is 20.3 Å². The number of fused-ring (bicyclic) bond motifs is 6. The SMILES string of the molecule is C=CC(=O)N1CCN(c2nc(=O)n3c4nc(c(F)cc24)-c2cc(ccc2F)OCCNc2ccnc(C(C)C)c2-3)[C@@H](C)C1. The summed E-state index contributed by atoms with van der Waals surface area (Å²) in [7, 11) is 0. The van der Waals surface area contributed by atoms with Crippen molar-refractivity contribution in [1.29, 1.82) is 0 Å². The Balaban J connectivity index is 1.67. The lowest BCUT2D eigenvalue weighted by Gasteiger charge is -2.40. The van der Waals surface area contributed by atoms with Crippen molar-refractivity contribution in [1.82, 2.24) is 24.4 Å². The van der Waals surface area contributed by atoms with E-state index in [0.29, 0.717) is 49.0 Å². The van der Waals surface area contributed by atoms with E-state index in [1.807, 2.05) is 25.7 Å². The largest absolute Gasteiger partial charge is 0.492 e. The molecule has 4 bridgehead atoms. The summed E-state index contributed by atoms with van der Waals surface area (Å²) in [5.74, 6) is -1.18. The number of ether oxygens (including phenoxy) is 1. The molecule has 2 aliphatic rings. The minimum atomic E-state index is -0.784. The number of piperazine rings is 1. The fraction of sp³-hybridized carbons (Fsp3) is 0.323. The van der Waals surface area contributed by atoms with Crippen LogP contribution in [0.25, 0.3) is 28.0 Å². The monoisotopic (exact) mass is 587 g/mol. The summed E-state index contributed by atoms with van der Waals surface area (Å²) in [5.41, 5.74) is 0.713. The van der Waals surface area contributed by atoms with Gasteiger partial charge in [-0.1, -0.05) is 20.4 Å². The zero-order valence-electron chi connectivity index (χ0n) is 24.1. The zero-order valence-corrected chi connectivity index (χ0v) is 24.1. The predicted molar refractivity (Wildman–Crippen MR) is 160 cm³/mol. The second-order valence-corrected chi connectivity index (χ2v) is 10.9. The van der Waals surface area contributed by atoms with Crippen molar-refractivity contribution >= 4 is 28.4 Å². The lowest BCUT2D eigenvalue weighted by Crippen LogP contribution is -2.54. The molecule has 1 N–H and O–H groups in total. The molecule has 0 aliphatic carbocycles. The topological polar surface area (TPSA) is 105 Å². The number of anilines is 2. The van der Waals surface area contributed by atoms with Gasteiger partial charge in [0.05, 0.1) is 22.5 Å². The van der Waals surface area contributed by atoms with Gasteiger partial charge in [0.2, 0.25) is 5.91 Å². The third-order valence-corrected chi connectivity index (χ3v) is 7.79. The van der Waals surface area contributed by atoms with E-state index in [1.165, 1.54) is 34.9 Å². The van der Waals surface area contributed by atoms with Crippen LogP contribution in [-0.2, 0) is 4.79 Å². The number of benzene rings is 1. The number of aromatic nitrogens is 4. The molecule has 12 heteroatoms. The molecule has 0 unspecified atom stereocenters. The first kappa shape index (κ1) is 28.3. The quantitative estimate of drug-likeness (QED) is 0.355. The molecule has 1 aromatic carbocycles. The van der Waals surface area contributed by atoms with Gasteiger partial charge in [0.25, 0.3) is 0 Å². The van der Waals surface area contributed by atoms with E-state index in [4.69, 9.17) is 4.74 Å². The fourth-order valence-corrected chi connectivity index (χ4v) is 5.72. The normalized spacial score (nSPS) is 16.6. The smallest absolute Gasteiger partial charge is 0.355 e. The Bertz CT molecular complexity index is 1820. The molecule has 43 heavy (non-hydrogen) atoms. The van der Waals surface area contributed by atoms with Crippen LogP contribution < -0.4 is 20.6 Å². The van der Waals surface area contributed by atoms with Gasteiger partial charge in [0.15, 0.2) is 5.65 Å². The highest BCUT2D eigenvalue weighted by molar-refractivity contribution is 5.92. The van der Waals surface area contributed by atoms with Crippen molar-refractivity contribution in [2.45, 2.75) is 32.7 Å². The first-order valence-corrected chi connectivity index (χ1v) is 14.1. The average molecular weight is 588 g/mol. The summed E-state index contributed by atoms with van der Waals surface area (Å²) in [4.78, 5) is 43.6. The Labute approximate surface area is 246 Å². The Kier molecular flexibility index (Phi) is 7.28. The molecule has 222 valence electrons. The third-order valence-electron chi connectivity index (χ3n) is 7.79. The van der Waals surface area contributed by atoms with E-state index >= 15 is 8.78 Å². The third kappa shape index (κ3) is 4.96. The first-order valence-electron chi connectivity index (χ1n) is 14.1. The maximum atomic E-state index is 16.0. The van der Waals surface area contributed by atoms with E-state index in [9.17, 15) is 9.59 Å². The fourth-order valence-electron chi connectivity index (χ4n) is 5.72. The van der Waals surface area contributed by atoms with Gasteiger partial charge in [-0.3, -0.25) is 9.78 Å². The Morgan fingerprint density at radius 1 is 1.16 bits per heavy atom. The number of amides is 1. The van der Waals surface area contributed by atoms with Gasteiger partial charge in [0.1, 0.15) is 35.5 Å². The number of hydrogen-bond donors (Lipinski definition) is 1. The lowest BCUT2D eigenvalue weighted by atomic mass is 10.1. The Morgan fingerprint density at radius 2 is 1.98 bits per heavy atom. The van der Waals surface area contributed by atoms with Crippen LogP contribution in [-0.4, -0.2) is 69.2 Å².